The van der Waals surface area contributed by atoms with E-state index in [4.69, 9.17) is 16.3 Å². The van der Waals surface area contributed by atoms with Gasteiger partial charge in [-0.3, -0.25) is 9.59 Å². The van der Waals surface area contributed by atoms with Gasteiger partial charge < -0.3 is 30.1 Å². The number of likely N-dealkylation sites (N-methyl/N-ethyl adjacent to an activating group) is 2. The number of piperazine rings is 1. The summed E-state index contributed by atoms with van der Waals surface area (Å²) in [5.41, 5.74) is 6.26. The van der Waals surface area contributed by atoms with Gasteiger partial charge in [-0.1, -0.05) is 35.9 Å². The highest BCUT2D eigenvalue weighted by Crippen LogP contribution is 2.41. The fourth-order valence-corrected chi connectivity index (χ4v) is 5.55. The lowest BCUT2D eigenvalue weighted by Crippen LogP contribution is -2.47. The van der Waals surface area contributed by atoms with Gasteiger partial charge in [0.1, 0.15) is 12.4 Å². The zero-order valence-corrected chi connectivity index (χ0v) is 23.4. The van der Waals surface area contributed by atoms with Gasteiger partial charge in [0.15, 0.2) is 0 Å². The van der Waals surface area contributed by atoms with Crippen LogP contribution in [0.15, 0.2) is 60.7 Å². The molecule has 8 nitrogen and oxygen atoms in total. The number of rotatable bonds is 5. The molecular formula is C31H32ClN5O3. The number of carbonyl (C=O) groups excluding carboxylic acids is 2. The average Bonchev–Trinajstić information content (AvgIpc) is 3.27. The van der Waals surface area contributed by atoms with Crippen molar-refractivity contribution in [1.29, 1.82) is 0 Å². The normalized spacial score (nSPS) is 18.0. The van der Waals surface area contributed by atoms with Gasteiger partial charge in [0.2, 0.25) is 5.91 Å². The first-order chi connectivity index (χ1) is 19.4. The van der Waals surface area contributed by atoms with Gasteiger partial charge in [0, 0.05) is 55.1 Å². The summed E-state index contributed by atoms with van der Waals surface area (Å²) >= 11 is 6.21. The topological polar surface area (TPSA) is 77.1 Å². The molecule has 1 fully saturated rings. The molecule has 9 heteroatoms. The molecule has 40 heavy (non-hydrogen) atoms. The zero-order valence-electron chi connectivity index (χ0n) is 22.7. The van der Waals surface area contributed by atoms with E-state index in [1.807, 2.05) is 60.5 Å². The van der Waals surface area contributed by atoms with E-state index in [-0.39, 0.29) is 11.8 Å². The Morgan fingerprint density at radius 2 is 1.75 bits per heavy atom. The van der Waals surface area contributed by atoms with Crippen molar-refractivity contribution >= 4 is 51.7 Å². The Balaban J connectivity index is 1.31. The number of halogens is 1. The molecule has 0 radical (unpaired) electrons. The standard InChI is InChI=1S/C31H32ClN5O3/c1-35-11-13-37(14-12-35)28(38)17-20-3-7-23(8-4-20)33-30(21-5-10-26-27(18-21)40-16-15-36(26)2)29-24-9-6-22(32)19-25(24)34-31(29)39/h3-10,18-19,33H,11-17H2,1-2H3,(H,34,39). The molecule has 206 valence electrons. The smallest absolute Gasteiger partial charge is 0.258 e. The highest BCUT2D eigenvalue weighted by atomic mass is 35.5. The van der Waals surface area contributed by atoms with Crippen LogP contribution in [0.2, 0.25) is 5.02 Å². The summed E-state index contributed by atoms with van der Waals surface area (Å²) < 4.78 is 5.97. The van der Waals surface area contributed by atoms with Gasteiger partial charge in [-0.25, -0.2) is 0 Å². The first kappa shape index (κ1) is 26.2. The van der Waals surface area contributed by atoms with Gasteiger partial charge >= 0.3 is 0 Å². The van der Waals surface area contributed by atoms with E-state index >= 15 is 0 Å². The van der Waals surface area contributed by atoms with Crippen molar-refractivity contribution in [2.24, 2.45) is 0 Å². The van der Waals surface area contributed by atoms with E-state index in [0.717, 1.165) is 66.5 Å². The monoisotopic (exact) mass is 557 g/mol. The van der Waals surface area contributed by atoms with Crippen molar-refractivity contribution in [2.45, 2.75) is 6.42 Å². The third-order valence-corrected chi connectivity index (χ3v) is 7.99. The van der Waals surface area contributed by atoms with Gasteiger partial charge in [-0.2, -0.15) is 0 Å². The summed E-state index contributed by atoms with van der Waals surface area (Å²) in [5.74, 6) is 0.720. The predicted octanol–water partition coefficient (Wildman–Crippen LogP) is 4.42. The molecule has 3 aliphatic rings. The average molecular weight is 558 g/mol. The van der Waals surface area contributed by atoms with Gasteiger partial charge in [0.25, 0.3) is 5.91 Å². The van der Waals surface area contributed by atoms with E-state index in [9.17, 15) is 9.59 Å². The summed E-state index contributed by atoms with van der Waals surface area (Å²) in [5, 5.41) is 7.02. The quantitative estimate of drug-likeness (QED) is 0.452. The van der Waals surface area contributed by atoms with Crippen LogP contribution >= 0.6 is 11.6 Å². The maximum atomic E-state index is 13.3. The molecule has 0 unspecified atom stereocenters. The maximum absolute atomic E-state index is 13.3. The third kappa shape index (κ3) is 5.24. The van der Waals surface area contributed by atoms with Crippen LogP contribution < -0.4 is 20.3 Å². The summed E-state index contributed by atoms with van der Waals surface area (Å²) in [4.78, 5) is 32.5. The van der Waals surface area contributed by atoms with Crippen molar-refractivity contribution in [3.05, 3.63) is 82.4 Å². The molecule has 3 aromatic carbocycles. The fourth-order valence-electron chi connectivity index (χ4n) is 5.38. The maximum Gasteiger partial charge on any atom is 0.258 e. The number of anilines is 3. The Morgan fingerprint density at radius 3 is 2.52 bits per heavy atom. The lowest BCUT2D eigenvalue weighted by Gasteiger charge is -2.32. The Kier molecular flexibility index (Phi) is 7.12. The summed E-state index contributed by atoms with van der Waals surface area (Å²) in [6.45, 7) is 4.75. The van der Waals surface area contributed by atoms with E-state index < -0.39 is 0 Å². The summed E-state index contributed by atoms with van der Waals surface area (Å²) in [6, 6.07) is 19.2. The molecule has 0 aliphatic carbocycles. The number of carbonyl (C=O) groups is 2. The molecule has 2 amide bonds. The van der Waals surface area contributed by atoms with Gasteiger partial charge in [-0.05, 0) is 49.0 Å². The zero-order chi connectivity index (χ0) is 27.8. The number of nitrogens with zero attached hydrogens (tertiary/aromatic N) is 3. The lowest BCUT2D eigenvalue weighted by atomic mass is 9.99. The Hall–Kier alpha value is -4.01. The van der Waals surface area contributed by atoms with E-state index in [0.29, 0.717) is 35.0 Å². The fraction of sp³-hybridized carbons (Fsp3) is 0.290. The molecule has 0 bridgehead atoms. The molecule has 3 aliphatic heterocycles. The molecule has 3 heterocycles. The van der Waals surface area contributed by atoms with Crippen LogP contribution in [0.5, 0.6) is 5.75 Å². The van der Waals surface area contributed by atoms with Crippen molar-refractivity contribution < 1.29 is 14.3 Å². The van der Waals surface area contributed by atoms with Crippen LogP contribution in [0, 0.1) is 0 Å². The van der Waals surface area contributed by atoms with E-state index in [1.165, 1.54) is 0 Å². The Morgan fingerprint density at radius 1 is 0.975 bits per heavy atom. The highest BCUT2D eigenvalue weighted by molar-refractivity contribution is 6.38. The molecule has 0 spiro atoms. The molecule has 1 saturated heterocycles. The largest absolute Gasteiger partial charge is 0.490 e. The Bertz CT molecular complexity index is 1500. The van der Waals surface area contributed by atoms with Crippen LogP contribution in [0.4, 0.5) is 17.1 Å². The predicted molar refractivity (Wildman–Crippen MR) is 160 cm³/mol. The van der Waals surface area contributed by atoms with E-state index in [2.05, 4.69) is 27.5 Å². The minimum Gasteiger partial charge on any atom is -0.490 e. The molecule has 3 aromatic rings. The number of hydrogen-bond donors (Lipinski definition) is 2. The summed E-state index contributed by atoms with van der Waals surface area (Å²) in [7, 11) is 4.12. The molecule has 0 saturated carbocycles. The molecular weight excluding hydrogens is 526 g/mol. The number of benzene rings is 3. The highest BCUT2D eigenvalue weighted by Gasteiger charge is 2.29. The van der Waals surface area contributed by atoms with Crippen molar-refractivity contribution in [3.8, 4) is 5.75 Å². The van der Waals surface area contributed by atoms with Gasteiger partial charge in [-0.15, -0.1) is 0 Å². The molecule has 2 N–H and O–H groups in total. The third-order valence-electron chi connectivity index (χ3n) is 7.75. The van der Waals surface area contributed by atoms with Crippen molar-refractivity contribution in [1.82, 2.24) is 9.80 Å². The van der Waals surface area contributed by atoms with Crippen LogP contribution in [0.3, 0.4) is 0 Å². The van der Waals surface area contributed by atoms with Crippen LogP contribution in [-0.2, 0) is 16.0 Å². The van der Waals surface area contributed by atoms with E-state index in [1.54, 1.807) is 12.1 Å². The van der Waals surface area contributed by atoms with Gasteiger partial charge in [0.05, 0.1) is 35.6 Å². The number of fused-ring (bicyclic) bond motifs is 2. The molecule has 6 rings (SSSR count). The first-order valence-electron chi connectivity index (χ1n) is 13.5. The minimum absolute atomic E-state index is 0.147. The summed E-state index contributed by atoms with van der Waals surface area (Å²) in [6.07, 6.45) is 0.365. The van der Waals surface area contributed by atoms with Crippen LogP contribution in [0.1, 0.15) is 16.7 Å². The molecule has 0 aromatic heterocycles. The second-order valence-corrected chi connectivity index (χ2v) is 11.0. The first-order valence-corrected chi connectivity index (χ1v) is 13.9. The van der Waals surface area contributed by atoms with Crippen LogP contribution in [-0.4, -0.2) is 75.0 Å². The minimum atomic E-state index is -0.204. The number of amides is 2. The van der Waals surface area contributed by atoms with Crippen molar-refractivity contribution in [3.63, 3.8) is 0 Å². The molecule has 0 atom stereocenters. The number of nitrogens with one attached hydrogen (secondary N) is 2. The number of ether oxygens (including phenoxy) is 1. The van der Waals surface area contributed by atoms with Crippen LogP contribution in [0.25, 0.3) is 11.3 Å². The SMILES string of the molecule is CN1CCN(C(=O)Cc2ccc(NC(=C3C(=O)Nc4cc(Cl)ccc43)c3ccc4c(c3)OCCN4C)cc2)CC1. The lowest BCUT2D eigenvalue weighted by molar-refractivity contribution is -0.132. The van der Waals surface area contributed by atoms with Crippen molar-refractivity contribution in [2.75, 3.05) is 69.0 Å². The second-order valence-electron chi connectivity index (χ2n) is 10.5. The Labute approximate surface area is 239 Å². The second kappa shape index (κ2) is 10.9. The number of hydrogen-bond acceptors (Lipinski definition) is 6.